The number of carbonyl (C=O) groups excluding carboxylic acids is 1. The van der Waals surface area contributed by atoms with Crippen LogP contribution in [0.5, 0.6) is 0 Å². The van der Waals surface area contributed by atoms with Gasteiger partial charge >= 0.3 is 0 Å². The maximum Gasteiger partial charge on any atom is 0.172 e. The fourth-order valence-corrected chi connectivity index (χ4v) is 5.41. The molecule has 0 unspecified atom stereocenters. The number of allylic oxidation sites excluding steroid dienone is 2. The first-order valence-corrected chi connectivity index (χ1v) is 14.0. The third kappa shape index (κ3) is 7.13. The Bertz CT molecular complexity index is 1540. The number of carbonyl (C=O) groups is 1. The molecule has 1 radical (unpaired) electrons. The van der Waals surface area contributed by atoms with Crippen molar-refractivity contribution >= 4 is 49.4 Å². The second-order valence-electron chi connectivity index (χ2n) is 9.16. The topological polar surface area (TPSA) is 88.9 Å². The number of para-hydroxylation sites is 2. The summed E-state index contributed by atoms with van der Waals surface area (Å²) >= 11 is 1.66. The van der Waals surface area contributed by atoms with Crippen molar-refractivity contribution in [3.05, 3.63) is 72.8 Å². The summed E-state index contributed by atoms with van der Waals surface area (Å²) in [6, 6.07) is 19.4. The van der Waals surface area contributed by atoms with Gasteiger partial charge in [0.05, 0.1) is 22.3 Å². The summed E-state index contributed by atoms with van der Waals surface area (Å²) in [5, 5.41) is 10.9. The Morgan fingerprint density at radius 1 is 0.897 bits per heavy atom. The first-order valence-electron chi connectivity index (χ1n) is 13.2. The van der Waals surface area contributed by atoms with Gasteiger partial charge in [-0.2, -0.15) is 0 Å². The number of aromatic nitrogens is 4. The quantitative estimate of drug-likeness (QED) is 0.0755. The van der Waals surface area contributed by atoms with Crippen LogP contribution < -0.4 is 0 Å². The van der Waals surface area contributed by atoms with E-state index in [2.05, 4.69) is 33.2 Å². The molecule has 0 amide bonds. The van der Waals surface area contributed by atoms with E-state index < -0.39 is 0 Å². The van der Waals surface area contributed by atoms with Gasteiger partial charge < -0.3 is 5.11 Å². The predicted molar refractivity (Wildman–Crippen MR) is 156 cm³/mol. The van der Waals surface area contributed by atoms with Gasteiger partial charge in [-0.25, -0.2) is 21.3 Å². The Hall–Kier alpha value is -3.06. The van der Waals surface area contributed by atoms with Gasteiger partial charge in [0.15, 0.2) is 11.4 Å². The minimum absolute atomic E-state index is 0. The number of fused-ring (bicyclic) bond motifs is 3. The van der Waals surface area contributed by atoms with Gasteiger partial charge in [-0.05, 0) is 47.4 Å². The number of aliphatic hydroxyl groups excluding tert-OH is 1. The van der Waals surface area contributed by atoms with Crippen LogP contribution in [0.1, 0.15) is 53.4 Å². The first-order chi connectivity index (χ1) is 18.5. The zero-order valence-corrected chi connectivity index (χ0v) is 25.9. The van der Waals surface area contributed by atoms with E-state index in [1.807, 2.05) is 64.1 Å². The Kier molecular flexibility index (Phi) is 11.2. The molecule has 5 rings (SSSR count). The molecule has 39 heavy (non-hydrogen) atoms. The van der Waals surface area contributed by atoms with Crippen LogP contribution in [-0.2, 0) is 24.9 Å². The number of benzene rings is 2. The SMILES string of the molecule is CCC(CC)C(=O)/C=C(\O)C(CC)CC.[Ir].[c-]1c(-c2ncnc3nc4ccccc4nc23)sc2ccccc12. The van der Waals surface area contributed by atoms with Crippen molar-refractivity contribution in [2.45, 2.75) is 53.4 Å². The van der Waals surface area contributed by atoms with Crippen LogP contribution in [0.25, 0.3) is 42.9 Å². The van der Waals surface area contributed by atoms with Gasteiger partial charge in [0.2, 0.25) is 0 Å². The molecule has 0 aliphatic rings. The van der Waals surface area contributed by atoms with Gasteiger partial charge in [-0.3, -0.25) is 14.8 Å². The molecule has 3 heterocycles. The van der Waals surface area contributed by atoms with Crippen LogP contribution in [0.3, 0.4) is 0 Å². The summed E-state index contributed by atoms with van der Waals surface area (Å²) in [5.74, 6) is 0.547. The Balaban J connectivity index is 0.000000233. The van der Waals surface area contributed by atoms with Crippen molar-refractivity contribution in [3.8, 4) is 10.6 Å². The van der Waals surface area contributed by atoms with Crippen LogP contribution in [-0.4, -0.2) is 30.8 Å². The number of hydrogen-bond acceptors (Lipinski definition) is 7. The molecule has 0 bridgehead atoms. The minimum Gasteiger partial charge on any atom is -0.512 e. The number of thiophene rings is 1. The van der Waals surface area contributed by atoms with Crippen molar-refractivity contribution in [2.24, 2.45) is 11.8 Å². The molecule has 205 valence electrons. The number of aliphatic hydroxyl groups is 1. The summed E-state index contributed by atoms with van der Waals surface area (Å²) < 4.78 is 1.18. The van der Waals surface area contributed by atoms with Crippen molar-refractivity contribution in [1.29, 1.82) is 0 Å². The van der Waals surface area contributed by atoms with Crippen LogP contribution in [0, 0.1) is 17.9 Å². The minimum atomic E-state index is 0. The monoisotopic (exact) mass is 718 g/mol. The summed E-state index contributed by atoms with van der Waals surface area (Å²) in [6.45, 7) is 8.07. The van der Waals surface area contributed by atoms with Crippen LogP contribution in [0.2, 0.25) is 0 Å². The summed E-state index contributed by atoms with van der Waals surface area (Å²) in [6.07, 6.45) is 6.45. The van der Waals surface area contributed by atoms with E-state index in [1.165, 1.54) is 10.8 Å². The molecular formula is C31H33IrN4O2S-. The number of rotatable bonds is 8. The van der Waals surface area contributed by atoms with Gasteiger partial charge in [0.1, 0.15) is 6.33 Å². The van der Waals surface area contributed by atoms with Crippen molar-refractivity contribution in [2.75, 3.05) is 0 Å². The molecule has 0 spiro atoms. The van der Waals surface area contributed by atoms with Crippen LogP contribution in [0.15, 0.2) is 66.7 Å². The van der Waals surface area contributed by atoms with E-state index in [0.29, 0.717) is 11.2 Å². The molecule has 0 aliphatic heterocycles. The van der Waals surface area contributed by atoms with E-state index in [9.17, 15) is 9.90 Å². The molecule has 6 nitrogen and oxygen atoms in total. The fraction of sp³-hybridized carbons (Fsp3) is 0.323. The molecule has 2 aromatic carbocycles. The smallest absolute Gasteiger partial charge is 0.172 e. The normalized spacial score (nSPS) is 11.6. The van der Waals surface area contributed by atoms with Gasteiger partial charge in [-0.1, -0.05) is 52.0 Å². The molecular weight excluding hydrogens is 685 g/mol. The van der Waals surface area contributed by atoms with E-state index in [0.717, 1.165) is 52.7 Å². The average molecular weight is 718 g/mol. The third-order valence-corrected chi connectivity index (χ3v) is 7.86. The van der Waals surface area contributed by atoms with Gasteiger partial charge in [0, 0.05) is 43.7 Å². The summed E-state index contributed by atoms with van der Waals surface area (Å²) in [5.41, 5.74) is 3.80. The van der Waals surface area contributed by atoms with Crippen LogP contribution >= 0.6 is 11.3 Å². The predicted octanol–water partition coefficient (Wildman–Crippen LogP) is 8.12. The van der Waals surface area contributed by atoms with E-state index in [1.54, 1.807) is 17.7 Å². The summed E-state index contributed by atoms with van der Waals surface area (Å²) in [7, 11) is 0. The number of nitrogens with zero attached hydrogens (tertiary/aromatic N) is 4. The van der Waals surface area contributed by atoms with Gasteiger partial charge in [0.25, 0.3) is 0 Å². The Morgan fingerprint density at radius 2 is 1.51 bits per heavy atom. The largest absolute Gasteiger partial charge is 0.512 e. The molecule has 5 aromatic rings. The zero-order valence-electron chi connectivity index (χ0n) is 22.6. The van der Waals surface area contributed by atoms with E-state index >= 15 is 0 Å². The second kappa shape index (κ2) is 14.4. The van der Waals surface area contributed by atoms with E-state index in [-0.39, 0.29) is 43.5 Å². The maximum absolute atomic E-state index is 11.7. The Labute approximate surface area is 247 Å². The molecule has 8 heteroatoms. The molecule has 0 aliphatic carbocycles. The van der Waals surface area contributed by atoms with Crippen molar-refractivity contribution < 1.29 is 30.0 Å². The molecule has 0 fully saturated rings. The number of ketones is 1. The molecule has 1 N–H and O–H groups in total. The Morgan fingerprint density at radius 3 is 2.15 bits per heavy atom. The second-order valence-corrected chi connectivity index (χ2v) is 10.2. The van der Waals surface area contributed by atoms with Crippen molar-refractivity contribution in [3.63, 3.8) is 0 Å². The standard InChI is InChI=1S/C18H9N4S.C13H24O2.Ir/c1-4-8-14-11(5-1)9-15(23-14)16-17-18(20-10-19-16)22-13-7-3-2-6-12(13)21-17;1-5-10(6-2)12(14)9-13(15)11(7-3)8-4;/h1-8,10H;9-11,14H,5-8H2,1-4H3;/q-1;;/b;12-9-;. The first kappa shape index (κ1) is 30.5. The van der Waals surface area contributed by atoms with Crippen molar-refractivity contribution in [1.82, 2.24) is 19.9 Å². The third-order valence-electron chi connectivity index (χ3n) is 6.79. The van der Waals surface area contributed by atoms with E-state index in [4.69, 9.17) is 4.98 Å². The van der Waals surface area contributed by atoms with Gasteiger partial charge in [-0.15, -0.1) is 23.6 Å². The average Bonchev–Trinajstić information content (AvgIpc) is 3.37. The zero-order chi connectivity index (χ0) is 27.1. The van der Waals surface area contributed by atoms with Crippen LogP contribution in [0.4, 0.5) is 0 Å². The molecule has 0 atom stereocenters. The molecule has 0 saturated carbocycles. The maximum atomic E-state index is 11.7. The fourth-order valence-electron chi connectivity index (χ4n) is 4.41. The molecule has 3 aromatic heterocycles. The summed E-state index contributed by atoms with van der Waals surface area (Å²) in [4.78, 5) is 30.7. The molecule has 0 saturated heterocycles. The number of hydrogen-bond donors (Lipinski definition) is 1.